The Balaban J connectivity index is 2.20. The summed E-state index contributed by atoms with van der Waals surface area (Å²) in [7, 11) is 0. The monoisotopic (exact) mass is 343 g/mol. The van der Waals surface area contributed by atoms with E-state index in [1.165, 1.54) is 18.2 Å². The highest BCUT2D eigenvalue weighted by atomic mass is 79.9. The molecule has 0 unspecified atom stereocenters. The highest BCUT2D eigenvalue weighted by Gasteiger charge is 2.12. The molecule has 0 radical (unpaired) electrons. The maximum Gasteiger partial charge on any atom is 0.273 e. The van der Waals surface area contributed by atoms with Crippen molar-refractivity contribution >= 4 is 21.6 Å². The molecule has 104 valence electrons. The van der Waals surface area contributed by atoms with Gasteiger partial charge in [-0.25, -0.2) is 8.78 Å². The topological polar surface area (TPSA) is 52.4 Å². The molecule has 20 heavy (non-hydrogen) atoms. The van der Waals surface area contributed by atoms with Crippen molar-refractivity contribution in [2.24, 2.45) is 0 Å². The van der Waals surface area contributed by atoms with Crippen LogP contribution in [-0.2, 0) is 6.61 Å². The molecular weight excluding hydrogens is 336 g/mol. The highest BCUT2D eigenvalue weighted by molar-refractivity contribution is 9.10. The number of halogens is 3. The Hall–Kier alpha value is -2.02. The second kappa shape index (κ2) is 5.96. The lowest BCUT2D eigenvalue weighted by Gasteiger charge is -2.09. The lowest BCUT2D eigenvalue weighted by molar-refractivity contribution is -0.385. The summed E-state index contributed by atoms with van der Waals surface area (Å²) in [6, 6.07) is 6.98. The first-order chi connectivity index (χ1) is 9.47. The average Bonchev–Trinajstić information content (AvgIpc) is 2.41. The fraction of sp³-hybridized carbons (Fsp3) is 0.0769. The molecule has 0 aromatic heterocycles. The molecule has 0 N–H and O–H groups in total. The smallest absolute Gasteiger partial charge is 0.273 e. The third-order valence-electron chi connectivity index (χ3n) is 2.52. The minimum atomic E-state index is -0.604. The highest BCUT2D eigenvalue weighted by Crippen LogP contribution is 2.30. The molecule has 0 saturated heterocycles. The zero-order valence-electron chi connectivity index (χ0n) is 9.98. The number of nitro benzene ring substituents is 1. The van der Waals surface area contributed by atoms with Gasteiger partial charge in [0, 0.05) is 11.6 Å². The van der Waals surface area contributed by atoms with Crippen LogP contribution < -0.4 is 4.74 Å². The maximum atomic E-state index is 13.4. The Morgan fingerprint density at radius 3 is 2.65 bits per heavy atom. The summed E-state index contributed by atoms with van der Waals surface area (Å²) < 4.78 is 32.2. The summed E-state index contributed by atoms with van der Waals surface area (Å²) in [5.74, 6) is -1.00. The van der Waals surface area contributed by atoms with E-state index in [9.17, 15) is 18.9 Å². The van der Waals surface area contributed by atoms with Gasteiger partial charge in [0.05, 0.1) is 15.5 Å². The van der Waals surface area contributed by atoms with Crippen molar-refractivity contribution in [2.75, 3.05) is 0 Å². The second-order valence-electron chi connectivity index (χ2n) is 3.90. The minimum absolute atomic E-state index is 0.0309. The van der Waals surface area contributed by atoms with Gasteiger partial charge in [-0.3, -0.25) is 10.1 Å². The van der Waals surface area contributed by atoms with Gasteiger partial charge in [0.2, 0.25) is 0 Å². The van der Waals surface area contributed by atoms with Gasteiger partial charge in [0.1, 0.15) is 24.0 Å². The molecule has 0 saturated carbocycles. The number of non-ortho nitro benzene ring substituents is 1. The molecule has 2 aromatic rings. The van der Waals surface area contributed by atoms with Crippen LogP contribution in [-0.4, -0.2) is 4.92 Å². The minimum Gasteiger partial charge on any atom is -0.487 e. The Morgan fingerprint density at radius 2 is 1.95 bits per heavy atom. The van der Waals surface area contributed by atoms with E-state index in [1.807, 2.05) is 0 Å². The van der Waals surface area contributed by atoms with Gasteiger partial charge < -0.3 is 4.74 Å². The van der Waals surface area contributed by atoms with Gasteiger partial charge in [0.15, 0.2) is 0 Å². The fourth-order valence-electron chi connectivity index (χ4n) is 1.53. The Morgan fingerprint density at radius 1 is 1.20 bits per heavy atom. The van der Waals surface area contributed by atoms with E-state index in [0.29, 0.717) is 4.47 Å². The van der Waals surface area contributed by atoms with E-state index in [0.717, 1.165) is 18.2 Å². The van der Waals surface area contributed by atoms with E-state index < -0.39 is 16.6 Å². The zero-order chi connectivity index (χ0) is 14.7. The molecule has 0 atom stereocenters. The van der Waals surface area contributed by atoms with Gasteiger partial charge in [0.25, 0.3) is 5.69 Å². The Kier molecular flexibility index (Phi) is 4.29. The molecule has 0 spiro atoms. The third kappa shape index (κ3) is 3.30. The Labute approximate surface area is 121 Å². The molecule has 2 rings (SSSR count). The molecule has 0 aliphatic rings. The molecule has 0 aliphatic heterocycles. The van der Waals surface area contributed by atoms with Crippen LogP contribution in [0, 0.1) is 21.7 Å². The summed E-state index contributed by atoms with van der Waals surface area (Å²) >= 11 is 3.17. The van der Waals surface area contributed by atoms with E-state index >= 15 is 0 Å². The fourth-order valence-corrected chi connectivity index (χ4v) is 1.89. The number of hydrogen-bond donors (Lipinski definition) is 0. The average molecular weight is 344 g/mol. The first-order valence-electron chi connectivity index (χ1n) is 5.48. The van der Waals surface area contributed by atoms with E-state index in [1.54, 1.807) is 0 Å². The van der Waals surface area contributed by atoms with Crippen molar-refractivity contribution < 1.29 is 18.4 Å². The number of ether oxygens (including phenoxy) is 1. The van der Waals surface area contributed by atoms with E-state index in [4.69, 9.17) is 4.74 Å². The second-order valence-corrected chi connectivity index (χ2v) is 4.75. The van der Waals surface area contributed by atoms with Crippen molar-refractivity contribution in [3.63, 3.8) is 0 Å². The molecule has 0 bridgehead atoms. The van der Waals surface area contributed by atoms with E-state index in [2.05, 4.69) is 15.9 Å². The van der Waals surface area contributed by atoms with Gasteiger partial charge in [-0.1, -0.05) is 0 Å². The molecule has 7 heteroatoms. The van der Waals surface area contributed by atoms with Crippen LogP contribution in [0.4, 0.5) is 14.5 Å². The number of nitrogens with zero attached hydrogens (tertiary/aromatic N) is 1. The van der Waals surface area contributed by atoms with Crippen LogP contribution >= 0.6 is 15.9 Å². The lowest BCUT2D eigenvalue weighted by Crippen LogP contribution is -2.00. The largest absolute Gasteiger partial charge is 0.487 e. The summed E-state index contributed by atoms with van der Waals surface area (Å²) in [4.78, 5) is 10.1. The zero-order valence-corrected chi connectivity index (χ0v) is 11.6. The molecular formula is C13H8BrF2NO3. The predicted molar refractivity (Wildman–Crippen MR) is 71.5 cm³/mol. The first kappa shape index (κ1) is 14.4. The molecule has 0 amide bonds. The molecule has 4 nitrogen and oxygen atoms in total. The molecule has 0 heterocycles. The van der Waals surface area contributed by atoms with Crippen LogP contribution in [0.2, 0.25) is 0 Å². The number of hydrogen-bond acceptors (Lipinski definition) is 3. The van der Waals surface area contributed by atoms with Crippen LogP contribution in [0.5, 0.6) is 5.75 Å². The Bertz CT molecular complexity index is 664. The first-order valence-corrected chi connectivity index (χ1v) is 6.27. The normalized spacial score (nSPS) is 10.3. The predicted octanol–water partition coefficient (Wildman–Crippen LogP) is 4.21. The summed E-state index contributed by atoms with van der Waals surface area (Å²) in [6.45, 7) is -0.233. The number of rotatable bonds is 4. The van der Waals surface area contributed by atoms with Crippen LogP contribution in [0.25, 0.3) is 0 Å². The SMILES string of the molecule is O=[N+]([O-])c1ccc(Br)c(OCc2cc(F)ccc2F)c1. The van der Waals surface area contributed by atoms with Crippen LogP contribution in [0.3, 0.4) is 0 Å². The van der Waals surface area contributed by atoms with Gasteiger partial charge in [-0.05, 0) is 40.2 Å². The van der Waals surface area contributed by atoms with E-state index in [-0.39, 0.29) is 23.6 Å². The van der Waals surface area contributed by atoms with Crippen molar-refractivity contribution in [3.8, 4) is 5.75 Å². The quantitative estimate of drug-likeness (QED) is 0.617. The standard InChI is InChI=1S/C13H8BrF2NO3/c14-11-3-2-10(17(18)19)6-13(11)20-7-8-5-9(15)1-4-12(8)16/h1-6H,7H2. The summed E-state index contributed by atoms with van der Waals surface area (Å²) in [6.07, 6.45) is 0. The molecule has 2 aromatic carbocycles. The van der Waals surface area contributed by atoms with Crippen molar-refractivity contribution in [3.05, 3.63) is 68.2 Å². The maximum absolute atomic E-state index is 13.4. The van der Waals surface area contributed by atoms with Gasteiger partial charge in [-0.15, -0.1) is 0 Å². The van der Waals surface area contributed by atoms with Crippen LogP contribution in [0.15, 0.2) is 40.9 Å². The lowest BCUT2D eigenvalue weighted by atomic mass is 10.2. The number of nitro groups is 1. The number of benzene rings is 2. The molecule has 0 fully saturated rings. The van der Waals surface area contributed by atoms with Gasteiger partial charge >= 0.3 is 0 Å². The van der Waals surface area contributed by atoms with Crippen molar-refractivity contribution in [1.29, 1.82) is 0 Å². The summed E-state index contributed by atoms with van der Waals surface area (Å²) in [5.41, 5.74) is -0.119. The molecule has 0 aliphatic carbocycles. The van der Waals surface area contributed by atoms with Crippen molar-refractivity contribution in [1.82, 2.24) is 0 Å². The van der Waals surface area contributed by atoms with Gasteiger partial charge in [-0.2, -0.15) is 0 Å². The van der Waals surface area contributed by atoms with Crippen molar-refractivity contribution in [2.45, 2.75) is 6.61 Å². The van der Waals surface area contributed by atoms with Crippen LogP contribution in [0.1, 0.15) is 5.56 Å². The summed E-state index contributed by atoms with van der Waals surface area (Å²) in [5, 5.41) is 10.7. The third-order valence-corrected chi connectivity index (χ3v) is 3.17.